The number of furan rings is 1. The Labute approximate surface area is 214 Å². The number of hydrogen-bond acceptors (Lipinski definition) is 6. The fraction of sp³-hybridized carbons (Fsp3) is 0.300. The summed E-state index contributed by atoms with van der Waals surface area (Å²) in [7, 11) is 0. The van der Waals surface area contributed by atoms with Gasteiger partial charge in [0, 0.05) is 42.3 Å². The molecule has 5 aromatic rings. The summed E-state index contributed by atoms with van der Waals surface area (Å²) in [6.07, 6.45) is 0.987. The molecule has 1 saturated heterocycles. The van der Waals surface area contributed by atoms with Gasteiger partial charge in [-0.1, -0.05) is 67.5 Å². The summed E-state index contributed by atoms with van der Waals surface area (Å²) in [6.45, 7) is 5.14. The highest BCUT2D eigenvalue weighted by molar-refractivity contribution is 6.05. The lowest BCUT2D eigenvalue weighted by Crippen LogP contribution is -2.45. The van der Waals surface area contributed by atoms with Crippen LogP contribution in [0.1, 0.15) is 49.6 Å². The highest BCUT2D eigenvalue weighted by atomic mass is 16.5. The molecule has 0 bridgehead atoms. The van der Waals surface area contributed by atoms with Gasteiger partial charge in [0.05, 0.1) is 6.42 Å². The number of rotatable bonds is 5. The minimum atomic E-state index is -1.24. The molecule has 188 valence electrons. The maximum Gasteiger partial charge on any atom is 0.259 e. The van der Waals surface area contributed by atoms with Gasteiger partial charge in [0.2, 0.25) is 11.7 Å². The maximum atomic E-state index is 13.1. The van der Waals surface area contributed by atoms with Gasteiger partial charge in [0.25, 0.3) is 5.89 Å². The molecular formula is C30H29N3O4. The van der Waals surface area contributed by atoms with Gasteiger partial charge >= 0.3 is 0 Å². The molecule has 1 aliphatic heterocycles. The largest absolute Gasteiger partial charge is 0.456 e. The Morgan fingerprint density at radius 2 is 1.73 bits per heavy atom. The predicted molar refractivity (Wildman–Crippen MR) is 141 cm³/mol. The highest BCUT2D eigenvalue weighted by Gasteiger charge is 2.40. The summed E-state index contributed by atoms with van der Waals surface area (Å²) >= 11 is 0. The number of nitrogens with zero attached hydrogens (tertiary/aromatic N) is 3. The van der Waals surface area contributed by atoms with E-state index in [9.17, 15) is 9.90 Å². The normalized spacial score (nSPS) is 15.6. The molecule has 7 heteroatoms. The van der Waals surface area contributed by atoms with Gasteiger partial charge in [-0.15, -0.1) is 0 Å². The van der Waals surface area contributed by atoms with Crippen molar-refractivity contribution in [1.82, 2.24) is 15.0 Å². The zero-order chi connectivity index (χ0) is 25.6. The summed E-state index contributed by atoms with van der Waals surface area (Å²) < 4.78 is 11.4. The molecule has 0 spiro atoms. The number of fused-ring (bicyclic) bond motifs is 3. The van der Waals surface area contributed by atoms with E-state index >= 15 is 0 Å². The van der Waals surface area contributed by atoms with Gasteiger partial charge in [-0.05, 0) is 35.2 Å². The van der Waals surface area contributed by atoms with Crippen molar-refractivity contribution >= 4 is 27.8 Å². The molecule has 0 radical (unpaired) electrons. The molecule has 0 atom stereocenters. The molecule has 2 aromatic heterocycles. The first-order chi connectivity index (χ1) is 17.9. The summed E-state index contributed by atoms with van der Waals surface area (Å²) in [5.41, 5.74) is 3.44. The van der Waals surface area contributed by atoms with Crippen LogP contribution in [0.4, 0.5) is 0 Å². The first-order valence-electron chi connectivity index (χ1n) is 12.7. The van der Waals surface area contributed by atoms with Crippen LogP contribution >= 0.6 is 0 Å². The first-order valence-corrected chi connectivity index (χ1v) is 12.7. The van der Waals surface area contributed by atoms with Crippen LogP contribution in [-0.2, 0) is 16.8 Å². The van der Waals surface area contributed by atoms with Crippen LogP contribution in [0.2, 0.25) is 0 Å². The van der Waals surface area contributed by atoms with Crippen LogP contribution in [0.15, 0.2) is 75.7 Å². The van der Waals surface area contributed by atoms with Crippen LogP contribution in [0, 0.1) is 0 Å². The Morgan fingerprint density at radius 3 is 2.49 bits per heavy atom. The molecule has 3 aromatic carbocycles. The molecule has 1 aliphatic rings. The zero-order valence-corrected chi connectivity index (χ0v) is 21.0. The zero-order valence-electron chi connectivity index (χ0n) is 21.0. The third-order valence-corrected chi connectivity index (χ3v) is 7.40. The summed E-state index contributed by atoms with van der Waals surface area (Å²) in [6, 6.07) is 21.9. The van der Waals surface area contributed by atoms with Crippen LogP contribution < -0.4 is 0 Å². The van der Waals surface area contributed by atoms with E-state index in [1.165, 1.54) is 5.56 Å². The lowest BCUT2D eigenvalue weighted by atomic mass is 9.91. The minimum absolute atomic E-state index is 0.0330. The number of likely N-dealkylation sites (tertiary alicyclic amines) is 1. The predicted octanol–water partition coefficient (Wildman–Crippen LogP) is 5.81. The smallest absolute Gasteiger partial charge is 0.259 e. The van der Waals surface area contributed by atoms with E-state index in [0.29, 0.717) is 44.1 Å². The van der Waals surface area contributed by atoms with Crippen molar-refractivity contribution in [2.45, 2.75) is 44.6 Å². The number of amides is 1. The molecule has 1 N–H and O–H groups in total. The van der Waals surface area contributed by atoms with Crippen molar-refractivity contribution in [3.63, 3.8) is 0 Å². The van der Waals surface area contributed by atoms with E-state index in [0.717, 1.165) is 33.1 Å². The summed E-state index contributed by atoms with van der Waals surface area (Å²) in [5, 5.41) is 17.4. The van der Waals surface area contributed by atoms with Crippen LogP contribution in [-0.4, -0.2) is 39.1 Å². The van der Waals surface area contributed by atoms with E-state index in [1.54, 1.807) is 4.90 Å². The van der Waals surface area contributed by atoms with Crippen molar-refractivity contribution in [3.8, 4) is 11.4 Å². The second kappa shape index (κ2) is 9.16. The second-order valence-electron chi connectivity index (χ2n) is 10.2. The van der Waals surface area contributed by atoms with E-state index in [1.807, 2.05) is 54.6 Å². The average Bonchev–Trinajstić information content (AvgIpc) is 3.55. The van der Waals surface area contributed by atoms with Gasteiger partial charge in [-0.2, -0.15) is 4.98 Å². The highest BCUT2D eigenvalue weighted by Crippen LogP contribution is 2.34. The van der Waals surface area contributed by atoms with Crippen molar-refractivity contribution < 1.29 is 18.8 Å². The van der Waals surface area contributed by atoms with Gasteiger partial charge in [0.15, 0.2) is 0 Å². The maximum absolute atomic E-state index is 13.1. The number of carbonyl (C=O) groups excluding carboxylic acids is 1. The van der Waals surface area contributed by atoms with Crippen molar-refractivity contribution in [1.29, 1.82) is 0 Å². The number of benzene rings is 3. The van der Waals surface area contributed by atoms with Gasteiger partial charge in [-0.25, -0.2) is 0 Å². The fourth-order valence-corrected chi connectivity index (χ4v) is 5.06. The van der Waals surface area contributed by atoms with E-state index in [4.69, 9.17) is 8.94 Å². The third kappa shape index (κ3) is 4.40. The number of carbonyl (C=O) groups is 1. The number of aliphatic hydroxyl groups is 1. The van der Waals surface area contributed by atoms with Crippen molar-refractivity contribution in [2.24, 2.45) is 0 Å². The van der Waals surface area contributed by atoms with Crippen molar-refractivity contribution in [3.05, 3.63) is 83.7 Å². The lowest BCUT2D eigenvalue weighted by molar-refractivity contribution is -0.136. The van der Waals surface area contributed by atoms with E-state index in [-0.39, 0.29) is 11.8 Å². The molecule has 1 fully saturated rings. The summed E-state index contributed by atoms with van der Waals surface area (Å²) in [5.74, 6) is 1.14. The molecule has 37 heavy (non-hydrogen) atoms. The van der Waals surface area contributed by atoms with Crippen LogP contribution in [0.3, 0.4) is 0 Å². The topological polar surface area (TPSA) is 92.6 Å². The molecule has 0 aliphatic carbocycles. The van der Waals surface area contributed by atoms with E-state index < -0.39 is 5.60 Å². The SMILES string of the molecule is CC(C)c1ccc(-c2noc(C3(O)CCN(C(=O)Cc4ccc5oc6ccccc6c5c4)CC3)n2)cc1. The number of aromatic nitrogens is 2. The van der Waals surface area contributed by atoms with Gasteiger partial charge in [0.1, 0.15) is 16.8 Å². The Hall–Kier alpha value is -3.97. The fourth-order valence-electron chi connectivity index (χ4n) is 5.06. The standard InChI is InChI=1S/C30H29N3O4/c1-19(2)21-8-10-22(11-9-21)28-31-29(37-32-28)30(35)13-15-33(16-14-30)27(34)18-20-7-12-26-24(17-20)23-5-3-4-6-25(23)36-26/h3-12,17,19,35H,13-16,18H2,1-2H3. The van der Waals surface area contributed by atoms with Gasteiger partial charge < -0.3 is 18.9 Å². The Kier molecular flexibility index (Phi) is 5.80. The molecular weight excluding hydrogens is 466 g/mol. The Balaban J connectivity index is 1.12. The van der Waals surface area contributed by atoms with Crippen LogP contribution in [0.5, 0.6) is 0 Å². The number of para-hydroxylation sites is 1. The first kappa shape index (κ1) is 23.4. The molecule has 0 unspecified atom stereocenters. The number of piperidine rings is 1. The molecule has 1 amide bonds. The Morgan fingerprint density at radius 1 is 1.00 bits per heavy atom. The quantitative estimate of drug-likeness (QED) is 0.331. The van der Waals surface area contributed by atoms with E-state index in [2.05, 4.69) is 36.1 Å². The van der Waals surface area contributed by atoms with Crippen molar-refractivity contribution in [2.75, 3.05) is 13.1 Å². The minimum Gasteiger partial charge on any atom is -0.456 e. The third-order valence-electron chi connectivity index (χ3n) is 7.40. The molecule has 0 saturated carbocycles. The number of hydrogen-bond donors (Lipinski definition) is 1. The van der Waals surface area contributed by atoms with Gasteiger partial charge in [-0.3, -0.25) is 4.79 Å². The molecule has 7 nitrogen and oxygen atoms in total. The molecule has 3 heterocycles. The van der Waals surface area contributed by atoms with Crippen LogP contribution in [0.25, 0.3) is 33.3 Å². The second-order valence-corrected chi connectivity index (χ2v) is 10.2. The Bertz CT molecular complexity index is 1570. The monoisotopic (exact) mass is 495 g/mol. The summed E-state index contributed by atoms with van der Waals surface area (Å²) in [4.78, 5) is 19.4. The molecule has 6 rings (SSSR count). The average molecular weight is 496 g/mol. The lowest BCUT2D eigenvalue weighted by Gasteiger charge is -2.35.